The quantitative estimate of drug-likeness (QED) is 0.742. The van der Waals surface area contributed by atoms with Crippen molar-refractivity contribution < 1.29 is 22.7 Å². The number of sulfone groups is 1. The molecular formula is C14H17NO5S. The number of fused-ring (bicyclic) bond motifs is 1. The highest BCUT2D eigenvalue weighted by atomic mass is 32.2. The van der Waals surface area contributed by atoms with E-state index in [1.807, 2.05) is 24.3 Å². The zero-order chi connectivity index (χ0) is 15.5. The van der Waals surface area contributed by atoms with Gasteiger partial charge in [0.15, 0.2) is 6.61 Å². The summed E-state index contributed by atoms with van der Waals surface area (Å²) in [7, 11) is -3.21. The van der Waals surface area contributed by atoms with E-state index in [1.54, 1.807) is 4.90 Å². The topological polar surface area (TPSA) is 80.7 Å². The Morgan fingerprint density at radius 3 is 2.71 bits per heavy atom. The van der Waals surface area contributed by atoms with Crippen molar-refractivity contribution in [2.24, 2.45) is 0 Å². The van der Waals surface area contributed by atoms with Gasteiger partial charge in [-0.2, -0.15) is 0 Å². The first kappa shape index (κ1) is 15.5. The standard InChI is InChI=1S/C14H17NO5S/c1-21(18,19)9-7-14(17)20-10-13(16)15-8-6-11-4-2-3-5-12(11)15/h2-5H,6-10H2,1H3. The van der Waals surface area contributed by atoms with Gasteiger partial charge in [0.25, 0.3) is 5.91 Å². The van der Waals surface area contributed by atoms with Gasteiger partial charge in [0.05, 0.1) is 12.2 Å². The van der Waals surface area contributed by atoms with Crippen molar-refractivity contribution in [2.45, 2.75) is 12.8 Å². The van der Waals surface area contributed by atoms with Crippen molar-refractivity contribution in [3.8, 4) is 0 Å². The second-order valence-corrected chi connectivity index (χ2v) is 7.22. The Hall–Kier alpha value is -1.89. The van der Waals surface area contributed by atoms with Crippen LogP contribution in [0.15, 0.2) is 24.3 Å². The highest BCUT2D eigenvalue weighted by Gasteiger charge is 2.24. The van der Waals surface area contributed by atoms with Crippen molar-refractivity contribution in [1.82, 2.24) is 0 Å². The largest absolute Gasteiger partial charge is 0.456 e. The van der Waals surface area contributed by atoms with Gasteiger partial charge in [-0.1, -0.05) is 18.2 Å². The van der Waals surface area contributed by atoms with E-state index in [9.17, 15) is 18.0 Å². The van der Waals surface area contributed by atoms with E-state index < -0.39 is 15.8 Å². The lowest BCUT2D eigenvalue weighted by Crippen LogP contribution is -2.33. The Bertz CT molecular complexity index is 653. The third kappa shape index (κ3) is 4.29. The number of amides is 1. The number of carbonyl (C=O) groups excluding carboxylic acids is 2. The number of esters is 1. The smallest absolute Gasteiger partial charge is 0.307 e. The summed E-state index contributed by atoms with van der Waals surface area (Å²) < 4.78 is 26.7. The minimum atomic E-state index is -3.21. The number of hydrogen-bond donors (Lipinski definition) is 0. The molecule has 114 valence electrons. The molecule has 1 aromatic rings. The van der Waals surface area contributed by atoms with Gasteiger partial charge in [0, 0.05) is 18.5 Å². The monoisotopic (exact) mass is 311 g/mol. The van der Waals surface area contributed by atoms with Crippen LogP contribution < -0.4 is 4.90 Å². The molecule has 1 heterocycles. The van der Waals surface area contributed by atoms with Crippen LogP contribution in [0.5, 0.6) is 0 Å². The second-order valence-electron chi connectivity index (χ2n) is 4.96. The molecule has 1 amide bonds. The van der Waals surface area contributed by atoms with E-state index in [2.05, 4.69) is 0 Å². The van der Waals surface area contributed by atoms with Gasteiger partial charge in [-0.25, -0.2) is 8.42 Å². The lowest BCUT2D eigenvalue weighted by atomic mass is 10.2. The fourth-order valence-corrected chi connectivity index (χ4v) is 2.70. The SMILES string of the molecule is CS(=O)(=O)CCC(=O)OCC(=O)N1CCc2ccccc21. The van der Waals surface area contributed by atoms with Gasteiger partial charge in [0.2, 0.25) is 0 Å². The fraction of sp³-hybridized carbons (Fsp3) is 0.429. The molecule has 0 unspecified atom stereocenters. The molecule has 0 aromatic heterocycles. The van der Waals surface area contributed by atoms with E-state index in [0.29, 0.717) is 6.54 Å². The normalized spacial score (nSPS) is 13.9. The highest BCUT2D eigenvalue weighted by molar-refractivity contribution is 7.90. The average Bonchev–Trinajstić information content (AvgIpc) is 2.85. The van der Waals surface area contributed by atoms with Crippen molar-refractivity contribution in [2.75, 3.05) is 30.1 Å². The molecule has 0 fully saturated rings. The molecule has 0 saturated carbocycles. The molecule has 7 heteroatoms. The molecule has 6 nitrogen and oxygen atoms in total. The van der Waals surface area contributed by atoms with Crippen LogP contribution in [0.4, 0.5) is 5.69 Å². The molecule has 2 rings (SSSR count). The second kappa shape index (κ2) is 6.26. The van der Waals surface area contributed by atoms with Crippen LogP contribution in [0, 0.1) is 0 Å². The third-order valence-corrected chi connectivity index (χ3v) is 4.17. The van der Waals surface area contributed by atoms with Crippen LogP contribution in [0.2, 0.25) is 0 Å². The summed E-state index contributed by atoms with van der Waals surface area (Å²) in [5.74, 6) is -1.25. The maximum atomic E-state index is 12.0. The average molecular weight is 311 g/mol. The summed E-state index contributed by atoms with van der Waals surface area (Å²) in [4.78, 5) is 25.0. The summed E-state index contributed by atoms with van der Waals surface area (Å²) in [5, 5.41) is 0. The molecule has 0 atom stereocenters. The minimum Gasteiger partial charge on any atom is -0.456 e. The molecule has 21 heavy (non-hydrogen) atoms. The third-order valence-electron chi connectivity index (χ3n) is 3.22. The number of carbonyl (C=O) groups is 2. The predicted octanol–water partition coefficient (Wildman–Crippen LogP) is 0.554. The summed E-state index contributed by atoms with van der Waals surface area (Å²) in [6, 6.07) is 7.58. The highest BCUT2D eigenvalue weighted by Crippen LogP contribution is 2.27. The maximum absolute atomic E-state index is 12.0. The van der Waals surface area contributed by atoms with Gasteiger partial charge in [-0.05, 0) is 18.1 Å². The Morgan fingerprint density at radius 2 is 2.00 bits per heavy atom. The Labute approximate surface area is 123 Å². The lowest BCUT2D eigenvalue weighted by molar-refractivity contribution is -0.147. The van der Waals surface area contributed by atoms with Crippen LogP contribution in [0.3, 0.4) is 0 Å². The van der Waals surface area contributed by atoms with Gasteiger partial charge in [0.1, 0.15) is 9.84 Å². The van der Waals surface area contributed by atoms with Gasteiger partial charge in [-0.15, -0.1) is 0 Å². The number of anilines is 1. The first-order valence-corrected chi connectivity index (χ1v) is 8.64. The summed E-state index contributed by atoms with van der Waals surface area (Å²) in [5.41, 5.74) is 1.93. The van der Waals surface area contributed by atoms with Crippen LogP contribution in [-0.4, -0.2) is 45.5 Å². The Balaban J connectivity index is 1.85. The molecule has 0 N–H and O–H groups in total. The van der Waals surface area contributed by atoms with E-state index >= 15 is 0 Å². The van der Waals surface area contributed by atoms with Gasteiger partial charge >= 0.3 is 5.97 Å². The summed E-state index contributed by atoms with van der Waals surface area (Å²) >= 11 is 0. The van der Waals surface area contributed by atoms with Crippen LogP contribution in [0.25, 0.3) is 0 Å². The van der Waals surface area contributed by atoms with E-state index in [-0.39, 0.29) is 24.7 Å². The zero-order valence-corrected chi connectivity index (χ0v) is 12.6. The van der Waals surface area contributed by atoms with Crippen molar-refractivity contribution in [3.63, 3.8) is 0 Å². The zero-order valence-electron chi connectivity index (χ0n) is 11.7. The number of ether oxygens (including phenoxy) is 1. The molecule has 0 aliphatic carbocycles. The molecule has 0 spiro atoms. The fourth-order valence-electron chi connectivity index (χ4n) is 2.16. The first-order valence-electron chi connectivity index (χ1n) is 6.58. The Kier molecular flexibility index (Phi) is 4.62. The van der Waals surface area contributed by atoms with E-state index in [1.165, 1.54) is 0 Å². The number of rotatable bonds is 5. The van der Waals surface area contributed by atoms with E-state index in [0.717, 1.165) is 23.9 Å². The molecule has 0 radical (unpaired) electrons. The Morgan fingerprint density at radius 1 is 1.29 bits per heavy atom. The number of benzene rings is 1. The van der Waals surface area contributed by atoms with Crippen molar-refractivity contribution in [3.05, 3.63) is 29.8 Å². The minimum absolute atomic E-state index is 0.233. The first-order chi connectivity index (χ1) is 9.87. The summed E-state index contributed by atoms with van der Waals surface area (Å²) in [6.45, 7) is 0.204. The molecular weight excluding hydrogens is 294 g/mol. The van der Waals surface area contributed by atoms with E-state index in [4.69, 9.17) is 4.74 Å². The van der Waals surface area contributed by atoms with Gasteiger partial charge < -0.3 is 9.64 Å². The lowest BCUT2D eigenvalue weighted by Gasteiger charge is -2.17. The molecule has 1 aromatic carbocycles. The maximum Gasteiger partial charge on any atom is 0.307 e. The number of para-hydroxylation sites is 1. The van der Waals surface area contributed by atoms with Crippen LogP contribution >= 0.6 is 0 Å². The van der Waals surface area contributed by atoms with Crippen molar-refractivity contribution in [1.29, 1.82) is 0 Å². The van der Waals surface area contributed by atoms with Crippen molar-refractivity contribution >= 4 is 27.4 Å². The molecule has 0 saturated heterocycles. The van der Waals surface area contributed by atoms with Crippen LogP contribution in [0.1, 0.15) is 12.0 Å². The molecule has 1 aliphatic rings. The summed E-state index contributed by atoms with van der Waals surface area (Å²) in [6.07, 6.45) is 1.60. The van der Waals surface area contributed by atoms with Gasteiger partial charge in [-0.3, -0.25) is 9.59 Å². The van der Waals surface area contributed by atoms with Crippen LogP contribution in [-0.2, 0) is 30.6 Å². The number of hydrogen-bond acceptors (Lipinski definition) is 5. The predicted molar refractivity (Wildman–Crippen MR) is 77.8 cm³/mol. The molecule has 1 aliphatic heterocycles. The number of nitrogens with zero attached hydrogens (tertiary/aromatic N) is 1. The molecule has 0 bridgehead atoms.